The van der Waals surface area contributed by atoms with E-state index < -0.39 is 58.3 Å². The molecule has 292 valence electrons. The monoisotopic (exact) mass is 748 g/mol. The van der Waals surface area contributed by atoms with Crippen LogP contribution in [0.3, 0.4) is 0 Å². The van der Waals surface area contributed by atoms with E-state index >= 15 is 0 Å². The molecule has 54 heavy (non-hydrogen) atoms. The Hall–Kier alpha value is -4.54. The summed E-state index contributed by atoms with van der Waals surface area (Å²) in [7, 11) is 0. The Labute approximate surface area is 314 Å². The number of benzene rings is 1. The number of nitrogens with two attached hydrogens (primary N) is 1. The number of aliphatic imine (C=N–C) groups is 1. The minimum absolute atomic E-state index is 0.0271. The molecule has 5 amide bonds. The quantitative estimate of drug-likeness (QED) is 0.194. The van der Waals surface area contributed by atoms with Gasteiger partial charge in [-0.05, 0) is 44.6 Å². The molecule has 0 bridgehead atoms. The van der Waals surface area contributed by atoms with Gasteiger partial charge in [-0.25, -0.2) is 9.48 Å². The lowest BCUT2D eigenvalue weighted by atomic mass is 9.83. The number of aromatic nitrogens is 3. The summed E-state index contributed by atoms with van der Waals surface area (Å²) < 4.78 is 12.6. The van der Waals surface area contributed by atoms with Gasteiger partial charge in [-0.3, -0.25) is 19.2 Å². The highest BCUT2D eigenvalue weighted by atomic mass is 16.5. The molecule has 2 atom stereocenters. The number of primary amides is 1. The van der Waals surface area contributed by atoms with Gasteiger partial charge < -0.3 is 35.8 Å². The van der Waals surface area contributed by atoms with Crippen molar-refractivity contribution in [1.29, 1.82) is 0 Å². The van der Waals surface area contributed by atoms with Crippen LogP contribution in [0.1, 0.15) is 102 Å². The minimum Gasteiger partial charge on any atom is -0.384 e. The molecular weight excluding hydrogens is 696 g/mol. The number of hydrogen-bond acceptors (Lipinski definition) is 10. The van der Waals surface area contributed by atoms with Gasteiger partial charge in [0.15, 0.2) is 0 Å². The van der Waals surface area contributed by atoms with E-state index in [9.17, 15) is 29.1 Å². The summed E-state index contributed by atoms with van der Waals surface area (Å²) in [4.78, 5) is 74.5. The van der Waals surface area contributed by atoms with Gasteiger partial charge >= 0.3 is 6.03 Å². The van der Waals surface area contributed by atoms with Crippen molar-refractivity contribution in [2.24, 2.45) is 16.6 Å². The van der Waals surface area contributed by atoms with Crippen LogP contribution in [-0.2, 0) is 39.8 Å². The summed E-state index contributed by atoms with van der Waals surface area (Å²) in [5, 5.41) is 25.1. The van der Waals surface area contributed by atoms with Crippen LogP contribution in [0.2, 0.25) is 0 Å². The second kappa shape index (κ2) is 16.4. The molecule has 16 nitrogen and oxygen atoms in total. The van der Waals surface area contributed by atoms with Crippen LogP contribution < -0.4 is 16.4 Å². The van der Waals surface area contributed by atoms with Gasteiger partial charge in [0, 0.05) is 52.2 Å². The summed E-state index contributed by atoms with van der Waals surface area (Å²) in [6.45, 7) is 4.27. The molecule has 4 fully saturated rings. The topological polar surface area (TPSA) is 220 Å². The fourth-order valence-electron chi connectivity index (χ4n) is 8.43. The van der Waals surface area contributed by atoms with Crippen LogP contribution >= 0.6 is 0 Å². The summed E-state index contributed by atoms with van der Waals surface area (Å²) in [6, 6.07) is 7.21. The van der Waals surface area contributed by atoms with Crippen molar-refractivity contribution < 1.29 is 38.6 Å². The number of rotatable bonds is 11. The van der Waals surface area contributed by atoms with E-state index in [0.29, 0.717) is 31.7 Å². The molecule has 1 saturated carbocycles. The number of nitrogens with zero attached hydrogens (tertiary/aromatic N) is 5. The first-order valence-electron chi connectivity index (χ1n) is 19.0. The lowest BCUT2D eigenvalue weighted by Gasteiger charge is -2.38. The molecule has 5 N–H and O–H groups in total. The molecule has 4 heterocycles. The molecule has 1 aromatic carbocycles. The second-order valence-corrected chi connectivity index (χ2v) is 15.6. The average Bonchev–Trinajstić information content (AvgIpc) is 3.84. The molecule has 3 saturated heterocycles. The number of carbonyl (C=O) groups excluding carboxylic acids is 5. The van der Waals surface area contributed by atoms with E-state index in [1.807, 2.05) is 30.3 Å². The summed E-state index contributed by atoms with van der Waals surface area (Å²) in [5.41, 5.74) is 3.07. The van der Waals surface area contributed by atoms with E-state index in [2.05, 4.69) is 25.9 Å². The van der Waals surface area contributed by atoms with Gasteiger partial charge in [-0.15, -0.1) is 5.10 Å². The third kappa shape index (κ3) is 8.55. The molecule has 2 aromatic rings. The molecule has 0 radical (unpaired) electrons. The molecule has 3 aliphatic heterocycles. The first kappa shape index (κ1) is 39.2. The van der Waals surface area contributed by atoms with Crippen LogP contribution in [0.25, 0.3) is 0 Å². The SMILES string of the molecule is CC(C)(O)c1cnnn1[C@H]1C[C@@H](C(=O)NC2(C(=O)C(N)=O)CCOCC2)N(C(=O)/C(CC2CCCCC2)=N/C(=O)NC2(c3ccccc3)CCOCC2)C1. The fourth-order valence-corrected chi connectivity index (χ4v) is 8.43. The highest BCUT2D eigenvalue weighted by Crippen LogP contribution is 2.35. The zero-order valence-corrected chi connectivity index (χ0v) is 31.1. The Morgan fingerprint density at radius 3 is 2.24 bits per heavy atom. The predicted octanol–water partition coefficient (Wildman–Crippen LogP) is 2.19. The number of Topliss-reactive ketones (excluding diaryl/α,β-unsaturated/α-hetero) is 1. The number of aliphatic hydroxyl groups is 1. The van der Waals surface area contributed by atoms with E-state index in [4.69, 9.17) is 15.2 Å². The van der Waals surface area contributed by atoms with E-state index in [1.54, 1.807) is 13.8 Å². The van der Waals surface area contributed by atoms with Crippen LogP contribution in [0.5, 0.6) is 0 Å². The highest BCUT2D eigenvalue weighted by molar-refractivity contribution is 6.41. The zero-order chi connectivity index (χ0) is 38.5. The Morgan fingerprint density at radius 1 is 0.963 bits per heavy atom. The average molecular weight is 749 g/mol. The molecule has 0 spiro atoms. The van der Waals surface area contributed by atoms with Gasteiger partial charge in [-0.1, -0.05) is 67.6 Å². The molecule has 1 aromatic heterocycles. The number of amides is 5. The van der Waals surface area contributed by atoms with Gasteiger partial charge in [-0.2, -0.15) is 4.99 Å². The van der Waals surface area contributed by atoms with Gasteiger partial charge in [0.2, 0.25) is 11.7 Å². The number of hydrogen-bond donors (Lipinski definition) is 4. The largest absolute Gasteiger partial charge is 0.384 e. The van der Waals surface area contributed by atoms with E-state index in [1.165, 1.54) is 15.8 Å². The fraction of sp³-hybridized carbons (Fsp3) is 0.632. The first-order chi connectivity index (χ1) is 25.8. The summed E-state index contributed by atoms with van der Waals surface area (Å²) in [6.07, 6.45) is 7.66. The van der Waals surface area contributed by atoms with Crippen molar-refractivity contribution in [2.75, 3.05) is 33.0 Å². The number of carbonyl (C=O) groups is 5. The maximum Gasteiger partial charge on any atom is 0.342 e. The minimum atomic E-state index is -1.60. The van der Waals surface area contributed by atoms with E-state index in [0.717, 1.165) is 37.7 Å². The zero-order valence-electron chi connectivity index (χ0n) is 31.1. The van der Waals surface area contributed by atoms with Crippen molar-refractivity contribution >= 4 is 35.2 Å². The number of nitrogens with one attached hydrogen (secondary N) is 2. The number of likely N-dealkylation sites (tertiary alicyclic amines) is 1. The van der Waals surface area contributed by atoms with Gasteiger partial charge in [0.25, 0.3) is 11.8 Å². The standard InChI is InChI=1S/C38H52N8O8/c1-36(2,52)30-23-40-44-46(30)27-22-29(33(49)42-38(31(47)32(39)48)15-19-54-20-16-38)45(24-27)34(50)28(21-25-9-5-3-6-10-25)41-35(51)43-37(13-17-53-18-14-37)26-11-7-4-8-12-26/h4,7-8,11-12,23,25,27,29,52H,3,5-6,9-10,13-22,24H2,1-2H3,(H2,39,48)(H,42,49)(H,43,51)/b41-28+/t27-,29-/m0/s1. The lowest BCUT2D eigenvalue weighted by molar-refractivity contribution is -0.146. The van der Waals surface area contributed by atoms with Crippen molar-refractivity contribution in [1.82, 2.24) is 30.5 Å². The third-order valence-electron chi connectivity index (χ3n) is 11.5. The van der Waals surface area contributed by atoms with Crippen molar-refractivity contribution in [3.63, 3.8) is 0 Å². The second-order valence-electron chi connectivity index (χ2n) is 15.6. The van der Waals surface area contributed by atoms with Crippen LogP contribution in [0.15, 0.2) is 41.5 Å². The molecule has 6 rings (SSSR count). The Bertz CT molecular complexity index is 1720. The molecule has 0 unspecified atom stereocenters. The van der Waals surface area contributed by atoms with Crippen LogP contribution in [-0.4, -0.2) is 105 Å². The lowest BCUT2D eigenvalue weighted by Crippen LogP contribution is -2.63. The van der Waals surface area contributed by atoms with Crippen LogP contribution in [0, 0.1) is 5.92 Å². The Kier molecular flexibility index (Phi) is 11.9. The number of ether oxygens (including phenoxy) is 2. The maximum absolute atomic E-state index is 14.9. The van der Waals surface area contributed by atoms with Crippen molar-refractivity contribution in [3.8, 4) is 0 Å². The van der Waals surface area contributed by atoms with Crippen molar-refractivity contribution in [3.05, 3.63) is 47.8 Å². The third-order valence-corrected chi connectivity index (χ3v) is 11.5. The van der Waals surface area contributed by atoms with Gasteiger partial charge in [0.05, 0.1) is 23.5 Å². The van der Waals surface area contributed by atoms with E-state index in [-0.39, 0.29) is 57.1 Å². The normalized spacial score (nSPS) is 23.4. The number of urea groups is 1. The maximum atomic E-state index is 14.9. The molecule has 4 aliphatic rings. The smallest absolute Gasteiger partial charge is 0.342 e. The molecule has 16 heteroatoms. The predicted molar refractivity (Wildman–Crippen MR) is 195 cm³/mol. The first-order valence-corrected chi connectivity index (χ1v) is 19.0. The molecular formula is C38H52N8O8. The summed E-state index contributed by atoms with van der Waals surface area (Å²) in [5.74, 6) is -3.27. The molecule has 1 aliphatic carbocycles. The Morgan fingerprint density at radius 2 is 1.61 bits per heavy atom. The van der Waals surface area contributed by atoms with Gasteiger partial charge in [0.1, 0.15) is 22.9 Å². The highest BCUT2D eigenvalue weighted by Gasteiger charge is 2.49. The Balaban J connectivity index is 1.35. The van der Waals surface area contributed by atoms with Crippen LogP contribution in [0.4, 0.5) is 4.79 Å². The number of ketones is 1. The van der Waals surface area contributed by atoms with Crippen molar-refractivity contribution in [2.45, 2.75) is 113 Å². The summed E-state index contributed by atoms with van der Waals surface area (Å²) >= 11 is 0.